The van der Waals surface area contributed by atoms with Gasteiger partial charge in [0.1, 0.15) is 6.61 Å². The first-order valence-electron chi connectivity index (χ1n) is 8.22. The zero-order valence-corrected chi connectivity index (χ0v) is 15.0. The fourth-order valence-electron chi connectivity index (χ4n) is 2.65. The van der Waals surface area contributed by atoms with Gasteiger partial charge in [-0.25, -0.2) is 4.98 Å². The largest absolute Gasteiger partial charge is 0.356 e. The zero-order valence-electron chi connectivity index (χ0n) is 14.2. The standard InChI is InChI=1S/C18H21N3O3S/c1-11(2)18-20-13(10-25-18)8-19-17(23)16-15(21-14(22)9-24-16)12-6-4-3-5-7-12/h3-7,10-11,15-16H,8-9H2,1-2H3,(H,19,23)(H,21,22)/t15-,16+/m1/s1. The minimum Gasteiger partial charge on any atom is -0.356 e. The smallest absolute Gasteiger partial charge is 0.251 e. The van der Waals surface area contributed by atoms with Crippen LogP contribution in [0.25, 0.3) is 0 Å². The van der Waals surface area contributed by atoms with Crippen molar-refractivity contribution in [3.63, 3.8) is 0 Å². The summed E-state index contributed by atoms with van der Waals surface area (Å²) in [4.78, 5) is 28.8. The van der Waals surface area contributed by atoms with Crippen LogP contribution in [0.4, 0.5) is 0 Å². The number of amides is 2. The Morgan fingerprint density at radius 2 is 2.16 bits per heavy atom. The molecule has 6 nitrogen and oxygen atoms in total. The number of morpholine rings is 1. The summed E-state index contributed by atoms with van der Waals surface area (Å²) in [5.41, 5.74) is 1.67. The lowest BCUT2D eigenvalue weighted by Gasteiger charge is -2.31. The van der Waals surface area contributed by atoms with Gasteiger partial charge in [0.25, 0.3) is 5.91 Å². The van der Waals surface area contributed by atoms with Gasteiger partial charge in [0.05, 0.1) is 23.3 Å². The number of carbonyl (C=O) groups is 2. The predicted octanol–water partition coefficient (Wildman–Crippen LogP) is 2.14. The lowest BCUT2D eigenvalue weighted by molar-refractivity contribution is -0.148. The van der Waals surface area contributed by atoms with Crippen molar-refractivity contribution in [2.24, 2.45) is 0 Å². The molecule has 0 spiro atoms. The average molecular weight is 359 g/mol. The molecule has 1 fully saturated rings. The van der Waals surface area contributed by atoms with Crippen molar-refractivity contribution < 1.29 is 14.3 Å². The van der Waals surface area contributed by atoms with Crippen LogP contribution in [-0.4, -0.2) is 29.5 Å². The highest BCUT2D eigenvalue weighted by molar-refractivity contribution is 7.09. The number of thiazole rings is 1. The second kappa shape index (κ2) is 7.76. The third-order valence-electron chi connectivity index (χ3n) is 3.94. The van der Waals surface area contributed by atoms with Crippen molar-refractivity contribution in [2.45, 2.75) is 38.5 Å². The molecule has 7 heteroatoms. The van der Waals surface area contributed by atoms with Gasteiger partial charge in [-0.1, -0.05) is 44.2 Å². The maximum absolute atomic E-state index is 12.6. The van der Waals surface area contributed by atoms with E-state index in [9.17, 15) is 9.59 Å². The summed E-state index contributed by atoms with van der Waals surface area (Å²) in [6, 6.07) is 8.87. The molecule has 25 heavy (non-hydrogen) atoms. The van der Waals surface area contributed by atoms with Gasteiger partial charge in [0.15, 0.2) is 6.10 Å². The van der Waals surface area contributed by atoms with E-state index < -0.39 is 12.1 Å². The molecule has 0 aliphatic carbocycles. The third-order valence-corrected chi connectivity index (χ3v) is 5.13. The van der Waals surface area contributed by atoms with Crippen molar-refractivity contribution in [1.29, 1.82) is 0 Å². The van der Waals surface area contributed by atoms with E-state index in [-0.39, 0.29) is 18.4 Å². The maximum atomic E-state index is 12.6. The van der Waals surface area contributed by atoms with Gasteiger partial charge in [-0.05, 0) is 5.56 Å². The van der Waals surface area contributed by atoms with Crippen LogP contribution in [0.5, 0.6) is 0 Å². The second-order valence-electron chi connectivity index (χ2n) is 6.24. The Bertz CT molecular complexity index is 745. The normalized spacial score (nSPS) is 20.4. The van der Waals surface area contributed by atoms with Gasteiger partial charge in [-0.2, -0.15) is 0 Å². The Hall–Kier alpha value is -2.25. The number of carbonyl (C=O) groups excluding carboxylic acids is 2. The average Bonchev–Trinajstić information content (AvgIpc) is 3.10. The van der Waals surface area contributed by atoms with Crippen molar-refractivity contribution >= 4 is 23.2 Å². The molecule has 2 N–H and O–H groups in total. The number of benzene rings is 1. The van der Waals surface area contributed by atoms with Gasteiger partial charge in [0.2, 0.25) is 5.91 Å². The van der Waals surface area contributed by atoms with Gasteiger partial charge in [0, 0.05) is 11.3 Å². The minimum absolute atomic E-state index is 0.115. The summed E-state index contributed by atoms with van der Waals surface area (Å²) in [6.07, 6.45) is -0.761. The molecule has 2 heterocycles. The number of rotatable bonds is 5. The molecule has 1 aromatic carbocycles. The molecule has 2 amide bonds. The Morgan fingerprint density at radius 3 is 2.84 bits per heavy atom. The van der Waals surface area contributed by atoms with Gasteiger partial charge >= 0.3 is 0 Å². The topological polar surface area (TPSA) is 80.3 Å². The SMILES string of the molecule is CC(C)c1nc(CNC(=O)[C@H]2OCC(=O)N[C@@H]2c2ccccc2)cs1. The molecule has 1 aliphatic rings. The lowest BCUT2D eigenvalue weighted by Crippen LogP contribution is -2.52. The zero-order chi connectivity index (χ0) is 17.8. The summed E-state index contributed by atoms with van der Waals surface area (Å²) in [5.74, 6) is -0.110. The van der Waals surface area contributed by atoms with Gasteiger partial charge in [-0.15, -0.1) is 11.3 Å². The Labute approximate surface area is 150 Å². The van der Waals surface area contributed by atoms with Crippen LogP contribution in [0.3, 0.4) is 0 Å². The van der Waals surface area contributed by atoms with E-state index in [0.717, 1.165) is 16.3 Å². The molecule has 1 aliphatic heterocycles. The van der Waals surface area contributed by atoms with Crippen LogP contribution in [0.15, 0.2) is 35.7 Å². The molecular weight excluding hydrogens is 338 g/mol. The van der Waals surface area contributed by atoms with Crippen LogP contribution in [-0.2, 0) is 20.9 Å². The second-order valence-corrected chi connectivity index (χ2v) is 7.13. The number of aromatic nitrogens is 1. The van der Waals surface area contributed by atoms with E-state index in [1.807, 2.05) is 35.7 Å². The summed E-state index contributed by atoms with van der Waals surface area (Å²) in [7, 11) is 0. The highest BCUT2D eigenvalue weighted by Crippen LogP contribution is 2.23. The number of ether oxygens (including phenoxy) is 1. The van der Waals surface area contributed by atoms with Crippen LogP contribution >= 0.6 is 11.3 Å². The highest BCUT2D eigenvalue weighted by atomic mass is 32.1. The Balaban J connectivity index is 1.67. The van der Waals surface area contributed by atoms with Crippen molar-refractivity contribution in [1.82, 2.24) is 15.6 Å². The number of hydrogen-bond donors (Lipinski definition) is 2. The first-order valence-corrected chi connectivity index (χ1v) is 9.10. The summed E-state index contributed by atoms with van der Waals surface area (Å²) in [6.45, 7) is 4.40. The molecule has 2 aromatic rings. The fraction of sp³-hybridized carbons (Fsp3) is 0.389. The highest BCUT2D eigenvalue weighted by Gasteiger charge is 2.35. The molecule has 3 rings (SSSR count). The fourth-order valence-corrected chi connectivity index (χ4v) is 3.48. The molecule has 0 radical (unpaired) electrons. The van der Waals surface area contributed by atoms with Crippen molar-refractivity contribution in [3.05, 3.63) is 52.0 Å². The first-order chi connectivity index (χ1) is 12.0. The molecule has 0 unspecified atom stereocenters. The minimum atomic E-state index is -0.761. The van der Waals surface area contributed by atoms with E-state index in [4.69, 9.17) is 4.74 Å². The third kappa shape index (κ3) is 4.24. The maximum Gasteiger partial charge on any atom is 0.251 e. The quantitative estimate of drug-likeness (QED) is 0.857. The number of hydrogen-bond acceptors (Lipinski definition) is 5. The monoisotopic (exact) mass is 359 g/mol. The molecule has 0 saturated carbocycles. The summed E-state index contributed by atoms with van der Waals surface area (Å²) >= 11 is 1.59. The van der Waals surface area contributed by atoms with Crippen LogP contribution in [0.2, 0.25) is 0 Å². The summed E-state index contributed by atoms with van der Waals surface area (Å²) in [5, 5.41) is 8.71. The molecule has 1 saturated heterocycles. The lowest BCUT2D eigenvalue weighted by atomic mass is 9.99. The number of nitrogens with one attached hydrogen (secondary N) is 2. The van der Waals surface area contributed by atoms with E-state index in [2.05, 4.69) is 29.5 Å². The van der Waals surface area contributed by atoms with Crippen LogP contribution < -0.4 is 10.6 Å². The molecular formula is C18H21N3O3S. The van der Waals surface area contributed by atoms with Crippen molar-refractivity contribution in [2.75, 3.05) is 6.61 Å². The van der Waals surface area contributed by atoms with E-state index in [1.54, 1.807) is 11.3 Å². The van der Waals surface area contributed by atoms with E-state index >= 15 is 0 Å². The molecule has 1 aromatic heterocycles. The van der Waals surface area contributed by atoms with Crippen molar-refractivity contribution in [3.8, 4) is 0 Å². The van der Waals surface area contributed by atoms with Crippen LogP contribution in [0, 0.1) is 0 Å². The van der Waals surface area contributed by atoms with Crippen LogP contribution in [0.1, 0.15) is 42.1 Å². The number of nitrogens with zero attached hydrogens (tertiary/aromatic N) is 1. The first kappa shape index (κ1) is 17.6. The molecule has 0 bridgehead atoms. The van der Waals surface area contributed by atoms with Gasteiger partial charge in [-0.3, -0.25) is 9.59 Å². The summed E-state index contributed by atoms with van der Waals surface area (Å²) < 4.78 is 5.51. The molecule has 132 valence electrons. The Kier molecular flexibility index (Phi) is 5.45. The van der Waals surface area contributed by atoms with Gasteiger partial charge < -0.3 is 15.4 Å². The Morgan fingerprint density at radius 1 is 1.40 bits per heavy atom. The predicted molar refractivity (Wildman–Crippen MR) is 95.1 cm³/mol. The van der Waals surface area contributed by atoms with E-state index in [0.29, 0.717) is 12.5 Å². The van der Waals surface area contributed by atoms with E-state index in [1.165, 1.54) is 0 Å². The molecule has 2 atom stereocenters.